The Bertz CT molecular complexity index is 1540. The van der Waals surface area contributed by atoms with E-state index in [9.17, 15) is 9.59 Å². The molecule has 0 aliphatic rings. The van der Waals surface area contributed by atoms with E-state index in [0.29, 0.717) is 24.4 Å². The summed E-state index contributed by atoms with van der Waals surface area (Å²) in [5.74, 6) is -0.243. The van der Waals surface area contributed by atoms with Crippen LogP contribution in [0, 0.1) is 6.92 Å². The lowest BCUT2D eigenvalue weighted by Gasteiger charge is -2.14. The molecule has 7 nitrogen and oxygen atoms in total. The summed E-state index contributed by atoms with van der Waals surface area (Å²) >= 11 is 0. The molecule has 0 saturated heterocycles. The molecule has 0 unspecified atom stereocenters. The van der Waals surface area contributed by atoms with Crippen molar-refractivity contribution in [1.82, 2.24) is 24.8 Å². The molecule has 5 rings (SSSR count). The molecule has 5 aromatic rings. The monoisotopic (exact) mass is 491 g/mol. The van der Waals surface area contributed by atoms with E-state index in [0.717, 1.165) is 35.0 Å². The second kappa shape index (κ2) is 11.0. The third kappa shape index (κ3) is 5.83. The highest BCUT2D eigenvalue weighted by molar-refractivity contribution is 5.80. The fourth-order valence-electron chi connectivity index (χ4n) is 4.43. The summed E-state index contributed by atoms with van der Waals surface area (Å²) in [6.07, 6.45) is 7.42. The predicted octanol–water partition coefficient (Wildman–Crippen LogP) is 4.59. The van der Waals surface area contributed by atoms with Crippen LogP contribution in [-0.4, -0.2) is 25.4 Å². The second-order valence-corrected chi connectivity index (χ2v) is 9.22. The highest BCUT2D eigenvalue weighted by Crippen LogP contribution is 2.18. The molecule has 7 heteroatoms. The van der Waals surface area contributed by atoms with Gasteiger partial charge in [-0.05, 0) is 49.4 Å². The fourth-order valence-corrected chi connectivity index (χ4v) is 4.43. The normalized spacial score (nSPS) is 11.1. The number of hydrogen-bond donors (Lipinski definition) is 2. The highest BCUT2D eigenvalue weighted by atomic mass is 16.2. The van der Waals surface area contributed by atoms with Crippen LogP contribution in [0.25, 0.3) is 22.2 Å². The van der Waals surface area contributed by atoms with Crippen LogP contribution in [-0.2, 0) is 30.7 Å². The Morgan fingerprint density at radius 1 is 1.00 bits per heavy atom. The summed E-state index contributed by atoms with van der Waals surface area (Å²) in [5.41, 5.74) is 6.02. The number of H-pyrrole nitrogens is 1. The zero-order valence-electron chi connectivity index (χ0n) is 20.8. The summed E-state index contributed by atoms with van der Waals surface area (Å²) in [5, 5.41) is 3.92. The predicted molar refractivity (Wildman–Crippen MR) is 145 cm³/mol. The minimum absolute atomic E-state index is 0.0850. The standard InChI is InChI=1S/C30H29N5O2/c1-21-10-12-22(13-11-21)6-5-9-27-30(37)35(28(19-32-27)23-7-3-2-4-8-23)20-29(36)33-18-25-16-24-17-31-15-14-26(24)34-25/h2-4,7-8,10-17,19,34H,5-6,9,18,20H2,1H3,(H,33,36). The topological polar surface area (TPSA) is 92.7 Å². The molecule has 0 aliphatic carbocycles. The number of pyridine rings is 1. The summed E-state index contributed by atoms with van der Waals surface area (Å²) in [6.45, 7) is 2.31. The van der Waals surface area contributed by atoms with Crippen molar-refractivity contribution in [2.24, 2.45) is 0 Å². The number of rotatable bonds is 9. The molecule has 0 atom stereocenters. The zero-order chi connectivity index (χ0) is 25.6. The quantitative estimate of drug-likeness (QED) is 0.316. The molecule has 0 bridgehead atoms. The molecule has 2 aromatic carbocycles. The van der Waals surface area contributed by atoms with Crippen molar-refractivity contribution in [2.45, 2.75) is 39.3 Å². The summed E-state index contributed by atoms with van der Waals surface area (Å²) in [6, 6.07) is 21.9. The number of nitrogens with zero attached hydrogens (tertiary/aromatic N) is 3. The van der Waals surface area contributed by atoms with E-state index in [1.165, 1.54) is 15.7 Å². The van der Waals surface area contributed by atoms with Gasteiger partial charge in [-0.15, -0.1) is 0 Å². The van der Waals surface area contributed by atoms with E-state index in [2.05, 4.69) is 51.5 Å². The Morgan fingerprint density at radius 2 is 1.81 bits per heavy atom. The molecule has 3 heterocycles. The molecule has 0 fully saturated rings. The van der Waals surface area contributed by atoms with Gasteiger partial charge in [-0.3, -0.25) is 24.1 Å². The summed E-state index contributed by atoms with van der Waals surface area (Å²) < 4.78 is 1.54. The lowest BCUT2D eigenvalue weighted by molar-refractivity contribution is -0.121. The Morgan fingerprint density at radius 3 is 2.59 bits per heavy atom. The van der Waals surface area contributed by atoms with E-state index < -0.39 is 0 Å². The number of nitrogens with one attached hydrogen (secondary N) is 2. The number of fused-ring (bicyclic) bond motifs is 1. The van der Waals surface area contributed by atoms with Gasteiger partial charge in [-0.25, -0.2) is 0 Å². The summed E-state index contributed by atoms with van der Waals surface area (Å²) in [7, 11) is 0. The van der Waals surface area contributed by atoms with E-state index in [1.807, 2.05) is 42.5 Å². The van der Waals surface area contributed by atoms with E-state index >= 15 is 0 Å². The van der Waals surface area contributed by atoms with Crippen molar-refractivity contribution in [3.8, 4) is 11.3 Å². The van der Waals surface area contributed by atoms with Crippen LogP contribution in [0.5, 0.6) is 0 Å². The third-order valence-electron chi connectivity index (χ3n) is 6.45. The highest BCUT2D eigenvalue weighted by Gasteiger charge is 2.15. The van der Waals surface area contributed by atoms with Crippen molar-refractivity contribution in [3.63, 3.8) is 0 Å². The number of aromatic amines is 1. The van der Waals surface area contributed by atoms with E-state index in [1.54, 1.807) is 18.6 Å². The largest absolute Gasteiger partial charge is 0.357 e. The average Bonchev–Trinajstić information content (AvgIpc) is 3.34. The van der Waals surface area contributed by atoms with Gasteiger partial charge in [0.25, 0.3) is 5.56 Å². The fraction of sp³-hybridized carbons (Fsp3) is 0.200. The smallest absolute Gasteiger partial charge is 0.273 e. The van der Waals surface area contributed by atoms with Crippen LogP contribution in [0.2, 0.25) is 0 Å². The van der Waals surface area contributed by atoms with Gasteiger partial charge in [0.2, 0.25) is 5.91 Å². The Labute approximate surface area is 215 Å². The number of aromatic nitrogens is 4. The van der Waals surface area contributed by atoms with Crippen LogP contribution in [0.4, 0.5) is 0 Å². The van der Waals surface area contributed by atoms with Gasteiger partial charge in [-0.1, -0.05) is 60.2 Å². The maximum absolute atomic E-state index is 13.5. The number of carbonyl (C=O) groups excluding carboxylic acids is 1. The SMILES string of the molecule is Cc1ccc(CCCc2ncc(-c3ccccc3)n(CC(=O)NCc3cc4cnccc4[nH]3)c2=O)cc1. The van der Waals surface area contributed by atoms with Crippen molar-refractivity contribution >= 4 is 16.8 Å². The van der Waals surface area contributed by atoms with Crippen molar-refractivity contribution in [1.29, 1.82) is 0 Å². The van der Waals surface area contributed by atoms with Gasteiger partial charge in [0.1, 0.15) is 12.2 Å². The van der Waals surface area contributed by atoms with Gasteiger partial charge >= 0.3 is 0 Å². The van der Waals surface area contributed by atoms with Crippen molar-refractivity contribution in [2.75, 3.05) is 0 Å². The van der Waals surface area contributed by atoms with Crippen LogP contribution in [0.15, 0.2) is 90.1 Å². The minimum atomic E-state index is -0.243. The lowest BCUT2D eigenvalue weighted by atomic mass is 10.1. The van der Waals surface area contributed by atoms with Gasteiger partial charge in [0, 0.05) is 29.0 Å². The number of carbonyl (C=O) groups is 1. The molecule has 0 saturated carbocycles. The Balaban J connectivity index is 1.32. The van der Waals surface area contributed by atoms with Gasteiger partial charge in [0.05, 0.1) is 18.4 Å². The maximum Gasteiger partial charge on any atom is 0.273 e. The summed E-state index contributed by atoms with van der Waals surface area (Å²) in [4.78, 5) is 38.4. The molecule has 0 radical (unpaired) electrons. The molecule has 2 N–H and O–H groups in total. The molecular weight excluding hydrogens is 462 g/mol. The van der Waals surface area contributed by atoms with Crippen LogP contribution in [0.3, 0.4) is 0 Å². The van der Waals surface area contributed by atoms with Gasteiger partial charge in [0.15, 0.2) is 0 Å². The first-order chi connectivity index (χ1) is 18.1. The molecule has 186 valence electrons. The second-order valence-electron chi connectivity index (χ2n) is 9.22. The number of benzene rings is 2. The average molecular weight is 492 g/mol. The first-order valence-electron chi connectivity index (χ1n) is 12.4. The number of aryl methyl sites for hydroxylation is 3. The van der Waals surface area contributed by atoms with Crippen molar-refractivity contribution < 1.29 is 4.79 Å². The molecular formula is C30H29N5O2. The van der Waals surface area contributed by atoms with Gasteiger partial charge in [-0.2, -0.15) is 0 Å². The van der Waals surface area contributed by atoms with E-state index in [-0.39, 0.29) is 18.0 Å². The molecule has 1 amide bonds. The number of amides is 1. The zero-order valence-corrected chi connectivity index (χ0v) is 20.8. The van der Waals surface area contributed by atoms with Crippen LogP contribution >= 0.6 is 0 Å². The lowest BCUT2D eigenvalue weighted by Crippen LogP contribution is -2.34. The van der Waals surface area contributed by atoms with Gasteiger partial charge < -0.3 is 10.3 Å². The molecule has 37 heavy (non-hydrogen) atoms. The molecule has 0 aliphatic heterocycles. The van der Waals surface area contributed by atoms with Crippen LogP contribution < -0.4 is 10.9 Å². The minimum Gasteiger partial charge on any atom is -0.357 e. The first kappa shape index (κ1) is 24.2. The molecule has 3 aromatic heterocycles. The van der Waals surface area contributed by atoms with Crippen LogP contribution in [0.1, 0.15) is 28.9 Å². The Hall–Kier alpha value is -4.52. The Kier molecular flexibility index (Phi) is 7.21. The third-order valence-corrected chi connectivity index (χ3v) is 6.45. The van der Waals surface area contributed by atoms with E-state index in [4.69, 9.17) is 0 Å². The van der Waals surface area contributed by atoms with Crippen molar-refractivity contribution in [3.05, 3.63) is 118 Å². The maximum atomic E-state index is 13.5. The molecule has 0 spiro atoms. The first-order valence-corrected chi connectivity index (χ1v) is 12.4. The number of hydrogen-bond acceptors (Lipinski definition) is 4.